The van der Waals surface area contributed by atoms with Gasteiger partial charge in [0.25, 0.3) is 0 Å². The van der Waals surface area contributed by atoms with Crippen LogP contribution < -0.4 is 5.73 Å². The molecule has 1 aromatic heterocycles. The van der Waals surface area contributed by atoms with E-state index in [9.17, 15) is 0 Å². The largest absolute Gasteiger partial charge is 0.377 e. The molecule has 0 fully saturated rings. The Hall–Kier alpha value is -0.380. The van der Waals surface area contributed by atoms with Crippen molar-refractivity contribution in [3.63, 3.8) is 0 Å². The Morgan fingerprint density at radius 1 is 1.50 bits per heavy atom. The molecular weight excluding hydrogens is 242 g/mol. The SMILES string of the molecule is CCC(N)CCc1cc2c(s1)C(C)CCC2OC. The molecule has 1 aromatic rings. The van der Waals surface area contributed by atoms with Gasteiger partial charge in [0.05, 0.1) is 6.10 Å². The summed E-state index contributed by atoms with van der Waals surface area (Å²) < 4.78 is 5.61. The molecule has 3 atom stereocenters. The summed E-state index contributed by atoms with van der Waals surface area (Å²) in [6, 6.07) is 2.71. The van der Waals surface area contributed by atoms with E-state index in [1.54, 1.807) is 4.88 Å². The van der Waals surface area contributed by atoms with Crippen molar-refractivity contribution >= 4 is 11.3 Å². The monoisotopic (exact) mass is 267 g/mol. The second kappa shape index (κ2) is 6.18. The molecule has 0 aromatic carbocycles. The quantitative estimate of drug-likeness (QED) is 0.875. The topological polar surface area (TPSA) is 35.2 Å². The minimum atomic E-state index is 0.320. The lowest BCUT2D eigenvalue weighted by Crippen LogP contribution is -2.18. The molecule has 102 valence electrons. The molecule has 3 heteroatoms. The van der Waals surface area contributed by atoms with Crippen LogP contribution in [-0.4, -0.2) is 13.2 Å². The Labute approximate surface area is 115 Å². The molecule has 0 spiro atoms. The predicted octanol–water partition coefficient (Wildman–Crippen LogP) is 4.00. The van der Waals surface area contributed by atoms with Gasteiger partial charge >= 0.3 is 0 Å². The Morgan fingerprint density at radius 3 is 2.94 bits per heavy atom. The number of fused-ring (bicyclic) bond motifs is 1. The van der Waals surface area contributed by atoms with Crippen LogP contribution in [0.3, 0.4) is 0 Å². The van der Waals surface area contributed by atoms with Crippen molar-refractivity contribution in [2.75, 3.05) is 7.11 Å². The first-order valence-corrected chi connectivity index (χ1v) is 7.88. The van der Waals surface area contributed by atoms with Crippen molar-refractivity contribution in [3.05, 3.63) is 21.4 Å². The molecule has 0 amide bonds. The van der Waals surface area contributed by atoms with Crippen LogP contribution in [0, 0.1) is 0 Å². The Morgan fingerprint density at radius 2 is 2.28 bits per heavy atom. The Balaban J connectivity index is 2.10. The molecule has 0 aliphatic heterocycles. The van der Waals surface area contributed by atoms with Gasteiger partial charge in [0.15, 0.2) is 0 Å². The van der Waals surface area contributed by atoms with E-state index in [4.69, 9.17) is 10.5 Å². The highest BCUT2D eigenvalue weighted by atomic mass is 32.1. The molecule has 0 saturated heterocycles. The minimum absolute atomic E-state index is 0.320. The lowest BCUT2D eigenvalue weighted by molar-refractivity contribution is 0.0859. The number of hydrogen-bond donors (Lipinski definition) is 1. The van der Waals surface area contributed by atoms with E-state index < -0.39 is 0 Å². The smallest absolute Gasteiger partial charge is 0.0832 e. The third kappa shape index (κ3) is 2.95. The van der Waals surface area contributed by atoms with E-state index >= 15 is 0 Å². The molecule has 1 aliphatic carbocycles. The Kier molecular flexibility index (Phi) is 4.82. The van der Waals surface area contributed by atoms with Crippen molar-refractivity contribution in [1.29, 1.82) is 0 Å². The summed E-state index contributed by atoms with van der Waals surface area (Å²) in [4.78, 5) is 3.04. The predicted molar refractivity (Wildman–Crippen MR) is 78.3 cm³/mol. The normalized spacial score (nSPS) is 24.9. The lowest BCUT2D eigenvalue weighted by Gasteiger charge is -2.25. The molecule has 0 radical (unpaired) electrons. The van der Waals surface area contributed by atoms with Gasteiger partial charge in [0, 0.05) is 22.9 Å². The molecular formula is C15H25NOS. The summed E-state index contributed by atoms with van der Waals surface area (Å²) in [6.45, 7) is 4.50. The van der Waals surface area contributed by atoms with Crippen LogP contribution in [0.15, 0.2) is 6.07 Å². The zero-order valence-corrected chi connectivity index (χ0v) is 12.6. The standard InChI is InChI=1S/C15H25NOS/c1-4-11(16)6-7-12-9-13-14(17-3)8-5-10(2)15(13)18-12/h9-11,14H,4-8,16H2,1-3H3. The van der Waals surface area contributed by atoms with Gasteiger partial charge in [0.2, 0.25) is 0 Å². The fourth-order valence-corrected chi connectivity index (χ4v) is 4.01. The van der Waals surface area contributed by atoms with Crippen LogP contribution in [0.4, 0.5) is 0 Å². The summed E-state index contributed by atoms with van der Waals surface area (Å²) in [5.41, 5.74) is 7.45. The lowest BCUT2D eigenvalue weighted by atomic mass is 9.88. The third-order valence-electron chi connectivity index (χ3n) is 4.07. The third-order valence-corrected chi connectivity index (χ3v) is 5.51. The first kappa shape index (κ1) is 14.0. The fourth-order valence-electron chi connectivity index (χ4n) is 2.70. The van der Waals surface area contributed by atoms with Gasteiger partial charge in [-0.2, -0.15) is 0 Å². The van der Waals surface area contributed by atoms with E-state index in [-0.39, 0.29) is 0 Å². The molecule has 0 bridgehead atoms. The molecule has 2 rings (SSSR count). The van der Waals surface area contributed by atoms with Gasteiger partial charge in [-0.25, -0.2) is 0 Å². The average molecular weight is 267 g/mol. The number of methoxy groups -OCH3 is 1. The number of rotatable bonds is 5. The van der Waals surface area contributed by atoms with Crippen molar-refractivity contribution in [2.45, 2.75) is 64.0 Å². The summed E-state index contributed by atoms with van der Waals surface area (Å²) in [7, 11) is 1.83. The number of nitrogens with two attached hydrogens (primary N) is 1. The zero-order chi connectivity index (χ0) is 13.1. The van der Waals surface area contributed by atoms with Crippen LogP contribution in [0.25, 0.3) is 0 Å². The van der Waals surface area contributed by atoms with Crippen molar-refractivity contribution in [3.8, 4) is 0 Å². The maximum Gasteiger partial charge on any atom is 0.0832 e. The molecule has 18 heavy (non-hydrogen) atoms. The number of aryl methyl sites for hydroxylation is 1. The molecule has 1 heterocycles. The first-order chi connectivity index (χ1) is 8.65. The highest BCUT2D eigenvalue weighted by Crippen LogP contribution is 2.43. The van der Waals surface area contributed by atoms with E-state index in [2.05, 4.69) is 19.9 Å². The summed E-state index contributed by atoms with van der Waals surface area (Å²) in [5.74, 6) is 0.699. The van der Waals surface area contributed by atoms with Crippen LogP contribution in [-0.2, 0) is 11.2 Å². The van der Waals surface area contributed by atoms with Crippen molar-refractivity contribution < 1.29 is 4.74 Å². The van der Waals surface area contributed by atoms with E-state index in [0.717, 1.165) is 25.7 Å². The molecule has 1 aliphatic rings. The average Bonchev–Trinajstić information content (AvgIpc) is 2.81. The molecule has 2 nitrogen and oxygen atoms in total. The van der Waals surface area contributed by atoms with Gasteiger partial charge in [0.1, 0.15) is 0 Å². The van der Waals surface area contributed by atoms with Crippen LogP contribution in [0.5, 0.6) is 0 Å². The molecule has 3 unspecified atom stereocenters. The summed E-state index contributed by atoms with van der Waals surface area (Å²) in [5, 5.41) is 0. The fraction of sp³-hybridized carbons (Fsp3) is 0.733. The van der Waals surface area contributed by atoms with Crippen LogP contribution >= 0.6 is 11.3 Å². The molecule has 0 saturated carbocycles. The van der Waals surface area contributed by atoms with Gasteiger partial charge in [-0.05, 0) is 49.7 Å². The number of ether oxygens (including phenoxy) is 1. The van der Waals surface area contributed by atoms with Crippen LogP contribution in [0.2, 0.25) is 0 Å². The van der Waals surface area contributed by atoms with E-state index in [1.165, 1.54) is 16.9 Å². The van der Waals surface area contributed by atoms with Crippen molar-refractivity contribution in [2.24, 2.45) is 5.73 Å². The second-order valence-corrected chi connectivity index (χ2v) is 6.61. The highest BCUT2D eigenvalue weighted by molar-refractivity contribution is 7.12. The van der Waals surface area contributed by atoms with E-state index in [0.29, 0.717) is 18.1 Å². The summed E-state index contributed by atoms with van der Waals surface area (Å²) >= 11 is 1.98. The number of thiophene rings is 1. The zero-order valence-electron chi connectivity index (χ0n) is 11.7. The van der Waals surface area contributed by atoms with Gasteiger partial charge in [-0.15, -0.1) is 11.3 Å². The minimum Gasteiger partial charge on any atom is -0.377 e. The maximum atomic E-state index is 6.00. The summed E-state index contributed by atoms with van der Waals surface area (Å²) in [6.07, 6.45) is 6.02. The van der Waals surface area contributed by atoms with E-state index in [1.807, 2.05) is 18.4 Å². The second-order valence-electron chi connectivity index (χ2n) is 5.44. The molecule has 2 N–H and O–H groups in total. The maximum absolute atomic E-state index is 6.00. The van der Waals surface area contributed by atoms with Gasteiger partial charge < -0.3 is 10.5 Å². The van der Waals surface area contributed by atoms with Gasteiger partial charge in [-0.1, -0.05) is 13.8 Å². The van der Waals surface area contributed by atoms with Gasteiger partial charge in [-0.3, -0.25) is 0 Å². The van der Waals surface area contributed by atoms with Crippen LogP contribution in [0.1, 0.15) is 66.9 Å². The van der Waals surface area contributed by atoms with Crippen molar-refractivity contribution in [1.82, 2.24) is 0 Å². The first-order valence-electron chi connectivity index (χ1n) is 7.06. The highest BCUT2D eigenvalue weighted by Gasteiger charge is 2.27. The number of hydrogen-bond acceptors (Lipinski definition) is 3. The Bertz CT molecular complexity index is 388.